The first-order valence-corrected chi connectivity index (χ1v) is 7.90. The zero-order valence-electron chi connectivity index (χ0n) is 11.9. The Labute approximate surface area is 134 Å². The molecule has 0 aliphatic carbocycles. The van der Waals surface area contributed by atoms with Gasteiger partial charge in [-0.25, -0.2) is 0 Å². The van der Waals surface area contributed by atoms with Crippen LogP contribution in [-0.2, 0) is 0 Å². The number of hydrogen-bond donors (Lipinski definition) is 1. The van der Waals surface area contributed by atoms with Crippen LogP contribution in [0.25, 0.3) is 0 Å². The summed E-state index contributed by atoms with van der Waals surface area (Å²) in [4.78, 5) is 12.5. The van der Waals surface area contributed by atoms with Crippen molar-refractivity contribution in [3.63, 3.8) is 0 Å². The lowest BCUT2D eigenvalue weighted by atomic mass is 10.2. The van der Waals surface area contributed by atoms with Crippen molar-refractivity contribution in [1.29, 1.82) is 0 Å². The lowest BCUT2D eigenvalue weighted by Gasteiger charge is -2.29. The Bertz CT molecular complexity index is 496. The highest BCUT2D eigenvalue weighted by Gasteiger charge is 2.23. The van der Waals surface area contributed by atoms with Crippen LogP contribution in [0, 0.1) is 10.1 Å². The molecule has 0 saturated carbocycles. The second kappa shape index (κ2) is 7.29. The number of anilines is 1. The van der Waals surface area contributed by atoms with Crippen LogP contribution in [0.1, 0.15) is 26.2 Å². The lowest BCUT2D eigenvalue weighted by molar-refractivity contribution is -0.384. The van der Waals surface area contributed by atoms with Crippen LogP contribution in [0.15, 0.2) is 12.1 Å². The molecule has 2 rings (SSSR count). The number of non-ortho nitro benzene ring substituents is 1. The lowest BCUT2D eigenvalue weighted by Crippen LogP contribution is -2.38. The summed E-state index contributed by atoms with van der Waals surface area (Å²) in [5.41, 5.74) is 0.615. The van der Waals surface area contributed by atoms with Crippen LogP contribution in [-0.4, -0.2) is 30.6 Å². The first-order valence-electron chi connectivity index (χ1n) is 7.14. The number of halogens is 2. The van der Waals surface area contributed by atoms with Crippen molar-refractivity contribution in [3.8, 4) is 0 Å². The largest absolute Gasteiger partial charge is 0.368 e. The summed E-state index contributed by atoms with van der Waals surface area (Å²) in [7, 11) is 0. The van der Waals surface area contributed by atoms with Crippen LogP contribution in [0.5, 0.6) is 0 Å². The van der Waals surface area contributed by atoms with Gasteiger partial charge in [-0.15, -0.1) is 0 Å². The van der Waals surface area contributed by atoms with E-state index in [0.717, 1.165) is 32.5 Å². The Morgan fingerprint density at radius 2 is 2.10 bits per heavy atom. The van der Waals surface area contributed by atoms with Crippen molar-refractivity contribution >= 4 is 34.6 Å². The van der Waals surface area contributed by atoms with Gasteiger partial charge in [-0.2, -0.15) is 0 Å². The summed E-state index contributed by atoms with van der Waals surface area (Å²) in [5, 5.41) is 15.0. The van der Waals surface area contributed by atoms with Crippen molar-refractivity contribution in [1.82, 2.24) is 5.32 Å². The van der Waals surface area contributed by atoms with E-state index in [-0.39, 0.29) is 5.69 Å². The number of hydrogen-bond acceptors (Lipinski definition) is 4. The Morgan fingerprint density at radius 3 is 2.57 bits per heavy atom. The fourth-order valence-electron chi connectivity index (χ4n) is 2.70. The number of nitro groups is 1. The molecule has 1 atom stereocenters. The molecule has 1 aliphatic heterocycles. The van der Waals surface area contributed by atoms with E-state index in [9.17, 15) is 10.1 Å². The molecular weight excluding hydrogens is 313 g/mol. The third kappa shape index (κ3) is 3.99. The van der Waals surface area contributed by atoms with Crippen molar-refractivity contribution in [3.05, 3.63) is 32.3 Å². The second-order valence-electron chi connectivity index (χ2n) is 5.25. The smallest absolute Gasteiger partial charge is 0.272 e. The molecule has 0 spiro atoms. The number of nitrogens with zero attached hydrogens (tertiary/aromatic N) is 2. The summed E-state index contributed by atoms with van der Waals surface area (Å²) < 4.78 is 0. The first kappa shape index (κ1) is 16.3. The van der Waals surface area contributed by atoms with E-state index in [4.69, 9.17) is 23.2 Å². The molecule has 1 N–H and O–H groups in total. The molecule has 0 radical (unpaired) electrons. The molecule has 1 aromatic rings. The number of nitrogens with one attached hydrogen (secondary N) is 1. The van der Waals surface area contributed by atoms with Crippen LogP contribution in [0.3, 0.4) is 0 Å². The number of rotatable bonds is 6. The molecule has 1 unspecified atom stereocenters. The molecule has 21 heavy (non-hydrogen) atoms. The van der Waals surface area contributed by atoms with Gasteiger partial charge < -0.3 is 10.2 Å². The summed E-state index contributed by atoms with van der Waals surface area (Å²) in [5.74, 6) is 0. The summed E-state index contributed by atoms with van der Waals surface area (Å²) in [6.45, 7) is 4.75. The predicted molar refractivity (Wildman–Crippen MR) is 86.6 cm³/mol. The molecule has 1 heterocycles. The van der Waals surface area contributed by atoms with E-state index in [1.807, 2.05) is 0 Å². The fourth-order valence-corrected chi connectivity index (χ4v) is 3.42. The van der Waals surface area contributed by atoms with E-state index in [1.165, 1.54) is 18.6 Å². The van der Waals surface area contributed by atoms with Gasteiger partial charge in [-0.1, -0.05) is 30.1 Å². The molecule has 0 amide bonds. The SMILES string of the molecule is CCCN(CC1CCCN1)c1c(Cl)cc([N+](=O)[O-])cc1Cl. The minimum absolute atomic E-state index is 0.0795. The van der Waals surface area contributed by atoms with Gasteiger partial charge in [0.25, 0.3) is 5.69 Å². The molecule has 116 valence electrons. The Hall–Kier alpha value is -1.04. The Balaban J connectivity index is 2.28. The molecule has 7 heteroatoms. The molecule has 0 bridgehead atoms. The maximum atomic E-state index is 10.9. The van der Waals surface area contributed by atoms with Gasteiger partial charge in [0, 0.05) is 31.3 Å². The highest BCUT2D eigenvalue weighted by molar-refractivity contribution is 6.39. The van der Waals surface area contributed by atoms with Crippen LogP contribution < -0.4 is 10.2 Å². The minimum atomic E-state index is -0.482. The highest BCUT2D eigenvalue weighted by atomic mass is 35.5. The van der Waals surface area contributed by atoms with E-state index < -0.39 is 4.92 Å². The van der Waals surface area contributed by atoms with Gasteiger partial charge in [-0.05, 0) is 25.8 Å². The van der Waals surface area contributed by atoms with Crippen molar-refractivity contribution < 1.29 is 4.92 Å². The number of nitro benzene ring substituents is 1. The Kier molecular flexibility index (Phi) is 5.67. The van der Waals surface area contributed by atoms with Crippen LogP contribution in [0.4, 0.5) is 11.4 Å². The molecule has 1 aromatic carbocycles. The van der Waals surface area contributed by atoms with Gasteiger partial charge in [0.1, 0.15) is 0 Å². The number of benzene rings is 1. The van der Waals surface area contributed by atoms with Gasteiger partial charge in [0.05, 0.1) is 20.7 Å². The zero-order valence-corrected chi connectivity index (χ0v) is 13.5. The fraction of sp³-hybridized carbons (Fsp3) is 0.571. The zero-order chi connectivity index (χ0) is 15.4. The van der Waals surface area contributed by atoms with Gasteiger partial charge in [-0.3, -0.25) is 10.1 Å². The second-order valence-corrected chi connectivity index (χ2v) is 6.07. The van der Waals surface area contributed by atoms with Crippen molar-refractivity contribution in [2.75, 3.05) is 24.5 Å². The topological polar surface area (TPSA) is 58.4 Å². The maximum absolute atomic E-state index is 10.9. The third-order valence-corrected chi connectivity index (χ3v) is 4.20. The minimum Gasteiger partial charge on any atom is -0.368 e. The normalized spacial score (nSPS) is 18.0. The van der Waals surface area contributed by atoms with E-state index in [2.05, 4.69) is 17.1 Å². The third-order valence-electron chi connectivity index (χ3n) is 3.63. The molecule has 0 aromatic heterocycles. The van der Waals surface area contributed by atoms with Crippen LogP contribution in [0.2, 0.25) is 10.0 Å². The van der Waals surface area contributed by atoms with Crippen LogP contribution >= 0.6 is 23.2 Å². The van der Waals surface area contributed by atoms with E-state index >= 15 is 0 Å². The highest BCUT2D eigenvalue weighted by Crippen LogP contribution is 2.37. The van der Waals surface area contributed by atoms with Crippen molar-refractivity contribution in [2.45, 2.75) is 32.2 Å². The quantitative estimate of drug-likeness (QED) is 0.635. The summed E-state index contributed by atoms with van der Waals surface area (Å²) in [6, 6.07) is 3.15. The molecule has 1 aliphatic rings. The molecule has 1 fully saturated rings. The molecular formula is C14H19Cl2N3O2. The molecule has 5 nitrogen and oxygen atoms in total. The van der Waals surface area contributed by atoms with E-state index in [1.54, 1.807) is 0 Å². The summed E-state index contributed by atoms with van der Waals surface area (Å²) in [6.07, 6.45) is 3.26. The van der Waals surface area contributed by atoms with E-state index in [0.29, 0.717) is 21.8 Å². The standard InChI is InChI=1S/C14H19Cl2N3O2/c1-2-6-18(9-10-4-3-5-17-10)14-12(15)7-11(19(20)21)8-13(14)16/h7-8,10,17H,2-6,9H2,1H3. The molecule has 1 saturated heterocycles. The van der Waals surface area contributed by atoms with Gasteiger partial charge in [0.2, 0.25) is 0 Å². The summed E-state index contributed by atoms with van der Waals surface area (Å²) >= 11 is 12.5. The monoisotopic (exact) mass is 331 g/mol. The van der Waals surface area contributed by atoms with Gasteiger partial charge in [0.15, 0.2) is 0 Å². The van der Waals surface area contributed by atoms with Crippen molar-refractivity contribution in [2.24, 2.45) is 0 Å². The van der Waals surface area contributed by atoms with Gasteiger partial charge >= 0.3 is 0 Å². The average Bonchev–Trinajstić information content (AvgIpc) is 2.90. The average molecular weight is 332 g/mol. The maximum Gasteiger partial charge on any atom is 0.272 e. The first-order chi connectivity index (χ1) is 10.0. The Morgan fingerprint density at radius 1 is 1.43 bits per heavy atom. The predicted octanol–water partition coefficient (Wildman–Crippen LogP) is 3.87.